The van der Waals surface area contributed by atoms with Gasteiger partial charge in [-0.3, -0.25) is 0 Å². The number of thioether (sulfide) groups is 1. The Morgan fingerprint density at radius 3 is 2.70 bits per heavy atom. The largest absolute Gasteiger partial charge is 0.305 e. The fourth-order valence-corrected chi connectivity index (χ4v) is 3.10. The van der Waals surface area contributed by atoms with Crippen LogP contribution in [0.25, 0.3) is 17.5 Å². The summed E-state index contributed by atoms with van der Waals surface area (Å²) in [6.45, 7) is 0. The lowest BCUT2D eigenvalue weighted by Gasteiger charge is -2.03. The minimum absolute atomic E-state index is 0.700. The molecule has 0 N–H and O–H groups in total. The van der Waals surface area contributed by atoms with E-state index < -0.39 is 0 Å². The predicted molar refractivity (Wildman–Crippen MR) is 97.6 cm³/mol. The zero-order valence-electron chi connectivity index (χ0n) is 12.7. The quantitative estimate of drug-likeness (QED) is 0.616. The van der Waals surface area contributed by atoms with Gasteiger partial charge in [0.25, 0.3) is 0 Å². The standard InChI is InChI=1S/C18H16ClN3S/c1-22-17(15-10-5-11-16(19)13-15)20-21-18(22)23-12-6-9-14-7-3-2-4-8-14/h2-11,13H,12H2,1H3. The molecule has 3 nitrogen and oxygen atoms in total. The van der Waals surface area contributed by atoms with E-state index in [2.05, 4.69) is 34.5 Å². The number of benzene rings is 2. The maximum Gasteiger partial charge on any atom is 0.191 e. The number of hydrogen-bond acceptors (Lipinski definition) is 3. The maximum atomic E-state index is 6.04. The molecule has 0 saturated carbocycles. The molecule has 0 unspecified atom stereocenters. The van der Waals surface area contributed by atoms with Crippen LogP contribution in [0.4, 0.5) is 0 Å². The molecule has 0 aliphatic heterocycles. The minimum atomic E-state index is 0.700. The molecule has 0 atom stereocenters. The van der Waals surface area contributed by atoms with Crippen molar-refractivity contribution < 1.29 is 0 Å². The summed E-state index contributed by atoms with van der Waals surface area (Å²) in [5.41, 5.74) is 2.17. The third kappa shape index (κ3) is 4.03. The normalized spacial score (nSPS) is 11.2. The van der Waals surface area contributed by atoms with Gasteiger partial charge in [0.2, 0.25) is 0 Å². The van der Waals surface area contributed by atoms with E-state index in [1.54, 1.807) is 11.8 Å². The minimum Gasteiger partial charge on any atom is -0.305 e. The highest BCUT2D eigenvalue weighted by Crippen LogP contribution is 2.24. The van der Waals surface area contributed by atoms with E-state index in [1.165, 1.54) is 5.56 Å². The molecule has 0 fully saturated rings. The second-order valence-corrected chi connectivity index (χ2v) is 6.42. The Morgan fingerprint density at radius 2 is 1.91 bits per heavy atom. The van der Waals surface area contributed by atoms with E-state index in [9.17, 15) is 0 Å². The van der Waals surface area contributed by atoms with Crippen LogP contribution < -0.4 is 0 Å². The van der Waals surface area contributed by atoms with Gasteiger partial charge in [-0.2, -0.15) is 0 Å². The average Bonchev–Trinajstić information content (AvgIpc) is 2.93. The Kier molecular flexibility index (Phi) is 5.16. The van der Waals surface area contributed by atoms with Crippen molar-refractivity contribution in [1.82, 2.24) is 14.8 Å². The third-order valence-electron chi connectivity index (χ3n) is 3.34. The average molecular weight is 342 g/mol. The van der Waals surface area contributed by atoms with Gasteiger partial charge >= 0.3 is 0 Å². The molecule has 0 amide bonds. The Bertz CT molecular complexity index is 812. The first-order chi connectivity index (χ1) is 11.2. The summed E-state index contributed by atoms with van der Waals surface area (Å²) >= 11 is 7.70. The van der Waals surface area contributed by atoms with Crippen molar-refractivity contribution in [3.8, 4) is 11.4 Å². The Balaban J connectivity index is 1.67. The summed E-state index contributed by atoms with van der Waals surface area (Å²) in [4.78, 5) is 0. The smallest absolute Gasteiger partial charge is 0.191 e. The highest BCUT2D eigenvalue weighted by Gasteiger charge is 2.10. The SMILES string of the molecule is Cn1c(SCC=Cc2ccccc2)nnc1-c1cccc(Cl)c1. The van der Waals surface area contributed by atoms with Crippen LogP contribution in [-0.2, 0) is 7.05 Å². The number of hydrogen-bond donors (Lipinski definition) is 0. The van der Waals surface area contributed by atoms with Crippen LogP contribution >= 0.6 is 23.4 Å². The molecule has 0 saturated heterocycles. The van der Waals surface area contributed by atoms with Gasteiger partial charge in [-0.1, -0.05) is 78.0 Å². The Hall–Kier alpha value is -2.04. The number of rotatable bonds is 5. The molecule has 0 aliphatic rings. The Morgan fingerprint density at radius 1 is 1.09 bits per heavy atom. The summed E-state index contributed by atoms with van der Waals surface area (Å²) < 4.78 is 1.99. The molecule has 2 aromatic carbocycles. The van der Waals surface area contributed by atoms with Gasteiger partial charge < -0.3 is 4.57 Å². The monoisotopic (exact) mass is 341 g/mol. The van der Waals surface area contributed by atoms with Gasteiger partial charge in [0.05, 0.1) is 0 Å². The summed E-state index contributed by atoms with van der Waals surface area (Å²) in [6, 6.07) is 17.9. The first kappa shape index (κ1) is 15.8. The van der Waals surface area contributed by atoms with Crippen molar-refractivity contribution >= 4 is 29.4 Å². The van der Waals surface area contributed by atoms with Crippen LogP contribution in [0.1, 0.15) is 5.56 Å². The van der Waals surface area contributed by atoms with Gasteiger partial charge in [-0.25, -0.2) is 0 Å². The van der Waals surface area contributed by atoms with Crippen LogP contribution in [0, 0.1) is 0 Å². The summed E-state index contributed by atoms with van der Waals surface area (Å²) in [5, 5.41) is 10.1. The van der Waals surface area contributed by atoms with Gasteiger partial charge in [-0.15, -0.1) is 10.2 Å². The van der Waals surface area contributed by atoms with Gasteiger partial charge in [-0.05, 0) is 17.7 Å². The molecular weight excluding hydrogens is 326 g/mol. The summed E-state index contributed by atoms with van der Waals surface area (Å²) in [6.07, 6.45) is 4.25. The lowest BCUT2D eigenvalue weighted by atomic mass is 10.2. The third-order valence-corrected chi connectivity index (χ3v) is 4.54. The molecule has 0 radical (unpaired) electrons. The molecule has 0 bridgehead atoms. The van der Waals surface area contributed by atoms with Crippen LogP contribution in [0.3, 0.4) is 0 Å². The van der Waals surface area contributed by atoms with E-state index in [0.29, 0.717) is 5.02 Å². The number of nitrogens with zero attached hydrogens (tertiary/aromatic N) is 3. The fourth-order valence-electron chi connectivity index (χ4n) is 2.19. The van der Waals surface area contributed by atoms with Gasteiger partial charge in [0.1, 0.15) is 0 Å². The molecule has 23 heavy (non-hydrogen) atoms. The molecule has 3 aromatic rings. The molecule has 1 aromatic heterocycles. The highest BCUT2D eigenvalue weighted by molar-refractivity contribution is 7.99. The van der Waals surface area contributed by atoms with Crippen molar-refractivity contribution in [3.63, 3.8) is 0 Å². The van der Waals surface area contributed by atoms with Crippen LogP contribution in [0.2, 0.25) is 5.02 Å². The second-order valence-electron chi connectivity index (χ2n) is 5.00. The highest BCUT2D eigenvalue weighted by atomic mass is 35.5. The molecule has 5 heteroatoms. The lowest BCUT2D eigenvalue weighted by Crippen LogP contribution is -1.94. The molecule has 0 spiro atoms. The van der Waals surface area contributed by atoms with E-state index in [1.807, 2.05) is 54.1 Å². The summed E-state index contributed by atoms with van der Waals surface area (Å²) in [5.74, 6) is 1.66. The van der Waals surface area contributed by atoms with Crippen LogP contribution in [0.5, 0.6) is 0 Å². The van der Waals surface area contributed by atoms with Crippen molar-refractivity contribution in [2.45, 2.75) is 5.16 Å². The van der Waals surface area contributed by atoms with Crippen molar-refractivity contribution in [1.29, 1.82) is 0 Å². The number of halogens is 1. The molecular formula is C18H16ClN3S. The first-order valence-corrected chi connectivity index (χ1v) is 8.60. The molecule has 0 aliphatic carbocycles. The van der Waals surface area contributed by atoms with Crippen LogP contribution in [0.15, 0.2) is 65.8 Å². The topological polar surface area (TPSA) is 30.7 Å². The van der Waals surface area contributed by atoms with E-state index >= 15 is 0 Å². The van der Waals surface area contributed by atoms with Crippen LogP contribution in [-0.4, -0.2) is 20.5 Å². The number of aromatic nitrogens is 3. The van der Waals surface area contributed by atoms with Gasteiger partial charge in [0, 0.05) is 23.4 Å². The van der Waals surface area contributed by atoms with Crippen molar-refractivity contribution in [2.24, 2.45) is 7.05 Å². The predicted octanol–water partition coefficient (Wildman–Crippen LogP) is 4.94. The fraction of sp³-hybridized carbons (Fsp3) is 0.111. The van der Waals surface area contributed by atoms with E-state index in [-0.39, 0.29) is 0 Å². The van der Waals surface area contributed by atoms with Crippen molar-refractivity contribution in [2.75, 3.05) is 5.75 Å². The first-order valence-electron chi connectivity index (χ1n) is 7.24. The van der Waals surface area contributed by atoms with E-state index in [4.69, 9.17) is 11.6 Å². The van der Waals surface area contributed by atoms with Crippen molar-refractivity contribution in [3.05, 3.63) is 71.3 Å². The molecule has 116 valence electrons. The Labute approximate surface area is 145 Å². The van der Waals surface area contributed by atoms with E-state index in [0.717, 1.165) is 22.3 Å². The second kappa shape index (κ2) is 7.49. The molecule has 3 rings (SSSR count). The van der Waals surface area contributed by atoms with Gasteiger partial charge in [0.15, 0.2) is 11.0 Å². The zero-order chi connectivity index (χ0) is 16.1. The summed E-state index contributed by atoms with van der Waals surface area (Å²) in [7, 11) is 1.97. The maximum absolute atomic E-state index is 6.04. The lowest BCUT2D eigenvalue weighted by molar-refractivity contribution is 0.795. The zero-order valence-corrected chi connectivity index (χ0v) is 14.3. The molecule has 1 heterocycles.